The smallest absolute Gasteiger partial charge is 0.161 e. The number of halogens is 1. The van der Waals surface area contributed by atoms with Gasteiger partial charge in [-0.25, -0.2) is 19.3 Å². The molecule has 3 aromatic heterocycles. The van der Waals surface area contributed by atoms with E-state index in [1.807, 2.05) is 25.4 Å². The predicted molar refractivity (Wildman–Crippen MR) is 135 cm³/mol. The van der Waals surface area contributed by atoms with E-state index < -0.39 is 0 Å². The largest absolute Gasteiger partial charge is 0.380 e. The van der Waals surface area contributed by atoms with Crippen molar-refractivity contribution in [2.24, 2.45) is 0 Å². The number of fused-ring (bicyclic) bond motifs is 1. The van der Waals surface area contributed by atoms with Gasteiger partial charge in [-0.2, -0.15) is 0 Å². The fourth-order valence-electron chi connectivity index (χ4n) is 3.94. The zero-order valence-corrected chi connectivity index (χ0v) is 20.1. The second-order valence-electron chi connectivity index (χ2n) is 8.32. The molecule has 0 amide bonds. The molecule has 7 nitrogen and oxygen atoms in total. The Morgan fingerprint density at radius 2 is 1.91 bits per heavy atom. The number of anilines is 3. The second kappa shape index (κ2) is 10.6. The van der Waals surface area contributed by atoms with Gasteiger partial charge in [0.2, 0.25) is 0 Å². The standard InChI is InChI=1S/C26H31FN6O/c1-5-33(13-14-34-6-2)22-16-30-26-23(22)21(11-12-28-26)31-25-20(17(3)4)15-29-24(32-25)18-7-9-19(27)10-8-18/h7-12,15-17H,5-6,13-14H2,1-4H3,(H2,28,29,30,31,32). The highest BCUT2D eigenvalue weighted by molar-refractivity contribution is 6.01. The van der Waals surface area contributed by atoms with E-state index in [1.165, 1.54) is 12.1 Å². The number of nitrogens with zero attached hydrogens (tertiary/aromatic N) is 4. The first kappa shape index (κ1) is 23.6. The van der Waals surface area contributed by atoms with Crippen LogP contribution in [0.15, 0.2) is 48.9 Å². The molecule has 0 radical (unpaired) electrons. The summed E-state index contributed by atoms with van der Waals surface area (Å²) in [6.07, 6.45) is 5.61. The van der Waals surface area contributed by atoms with Crippen LogP contribution in [-0.2, 0) is 4.74 Å². The summed E-state index contributed by atoms with van der Waals surface area (Å²) < 4.78 is 19.0. The molecule has 0 bridgehead atoms. The van der Waals surface area contributed by atoms with Gasteiger partial charge in [0.05, 0.1) is 23.4 Å². The minimum absolute atomic E-state index is 0.214. The Morgan fingerprint density at radius 3 is 2.62 bits per heavy atom. The highest BCUT2D eigenvalue weighted by Gasteiger charge is 2.18. The quantitative estimate of drug-likeness (QED) is 0.286. The van der Waals surface area contributed by atoms with Crippen LogP contribution in [0.4, 0.5) is 21.6 Å². The molecule has 0 aliphatic rings. The lowest BCUT2D eigenvalue weighted by Crippen LogP contribution is -2.27. The van der Waals surface area contributed by atoms with E-state index >= 15 is 0 Å². The number of likely N-dealkylation sites (N-methyl/N-ethyl adjacent to an activating group) is 1. The van der Waals surface area contributed by atoms with Gasteiger partial charge in [-0.1, -0.05) is 13.8 Å². The van der Waals surface area contributed by atoms with Crippen molar-refractivity contribution in [3.8, 4) is 11.4 Å². The van der Waals surface area contributed by atoms with Crippen LogP contribution in [0.25, 0.3) is 22.4 Å². The maximum atomic E-state index is 13.4. The van der Waals surface area contributed by atoms with Crippen LogP contribution in [0.1, 0.15) is 39.2 Å². The van der Waals surface area contributed by atoms with Crippen LogP contribution < -0.4 is 10.2 Å². The molecule has 8 heteroatoms. The number of nitrogens with one attached hydrogen (secondary N) is 2. The Morgan fingerprint density at radius 1 is 1.12 bits per heavy atom. The van der Waals surface area contributed by atoms with Gasteiger partial charge >= 0.3 is 0 Å². The summed E-state index contributed by atoms with van der Waals surface area (Å²) in [6.45, 7) is 11.3. The molecule has 4 aromatic rings. The number of pyridine rings is 1. The van der Waals surface area contributed by atoms with Gasteiger partial charge in [0.15, 0.2) is 5.82 Å². The Hall–Kier alpha value is -3.52. The van der Waals surface area contributed by atoms with Crippen molar-refractivity contribution in [2.45, 2.75) is 33.6 Å². The molecule has 0 aliphatic heterocycles. The first-order valence-corrected chi connectivity index (χ1v) is 11.7. The van der Waals surface area contributed by atoms with Crippen molar-refractivity contribution in [1.82, 2.24) is 19.9 Å². The number of aromatic amines is 1. The van der Waals surface area contributed by atoms with Crippen molar-refractivity contribution >= 4 is 28.2 Å². The summed E-state index contributed by atoms with van der Waals surface area (Å²) >= 11 is 0. The van der Waals surface area contributed by atoms with Gasteiger partial charge in [-0.05, 0) is 50.1 Å². The zero-order valence-electron chi connectivity index (χ0n) is 20.1. The van der Waals surface area contributed by atoms with E-state index in [2.05, 4.69) is 45.9 Å². The fourth-order valence-corrected chi connectivity index (χ4v) is 3.94. The van der Waals surface area contributed by atoms with Gasteiger partial charge in [0.25, 0.3) is 0 Å². The summed E-state index contributed by atoms with van der Waals surface area (Å²) in [6, 6.07) is 8.18. The summed E-state index contributed by atoms with van der Waals surface area (Å²) in [5.74, 6) is 1.19. The van der Waals surface area contributed by atoms with Gasteiger partial charge < -0.3 is 19.9 Å². The summed E-state index contributed by atoms with van der Waals surface area (Å²) in [5, 5.41) is 4.55. The number of benzene rings is 1. The van der Waals surface area contributed by atoms with Crippen molar-refractivity contribution in [1.29, 1.82) is 0 Å². The average molecular weight is 463 g/mol. The molecule has 0 unspecified atom stereocenters. The van der Waals surface area contributed by atoms with Gasteiger partial charge in [0.1, 0.15) is 17.3 Å². The lowest BCUT2D eigenvalue weighted by atomic mass is 10.1. The van der Waals surface area contributed by atoms with E-state index in [1.54, 1.807) is 18.3 Å². The molecule has 0 fully saturated rings. The molecule has 34 heavy (non-hydrogen) atoms. The first-order valence-electron chi connectivity index (χ1n) is 11.7. The van der Waals surface area contributed by atoms with Crippen molar-refractivity contribution in [2.75, 3.05) is 36.5 Å². The second-order valence-corrected chi connectivity index (χ2v) is 8.32. The number of hydrogen-bond donors (Lipinski definition) is 2. The Balaban J connectivity index is 1.75. The van der Waals surface area contributed by atoms with Crippen molar-refractivity contribution < 1.29 is 9.13 Å². The Labute approximate surface area is 199 Å². The van der Waals surface area contributed by atoms with Crippen LogP contribution in [-0.4, -0.2) is 46.2 Å². The Kier molecular flexibility index (Phi) is 7.37. The molecule has 0 saturated carbocycles. The predicted octanol–water partition coefficient (Wildman–Crippen LogP) is 5.89. The monoisotopic (exact) mass is 462 g/mol. The molecular formula is C26H31FN6O. The van der Waals surface area contributed by atoms with Crippen LogP contribution in [0, 0.1) is 5.82 Å². The summed E-state index contributed by atoms with van der Waals surface area (Å²) in [4.78, 5) is 19.5. The topological polar surface area (TPSA) is 79.0 Å². The van der Waals surface area contributed by atoms with Gasteiger partial charge in [0, 0.05) is 49.4 Å². The Bertz CT molecular complexity index is 1240. The summed E-state index contributed by atoms with van der Waals surface area (Å²) in [7, 11) is 0. The fraction of sp³-hybridized carbons (Fsp3) is 0.346. The van der Waals surface area contributed by atoms with E-state index in [0.29, 0.717) is 19.0 Å². The number of hydrogen-bond acceptors (Lipinski definition) is 6. The van der Waals surface area contributed by atoms with E-state index in [-0.39, 0.29) is 11.7 Å². The van der Waals surface area contributed by atoms with Crippen LogP contribution in [0.2, 0.25) is 0 Å². The number of aromatic nitrogens is 4. The highest BCUT2D eigenvalue weighted by atomic mass is 19.1. The molecule has 1 aromatic carbocycles. The van der Waals surface area contributed by atoms with Crippen LogP contribution >= 0.6 is 0 Å². The normalized spacial score (nSPS) is 11.4. The average Bonchev–Trinajstić information content (AvgIpc) is 3.27. The van der Waals surface area contributed by atoms with E-state index in [9.17, 15) is 4.39 Å². The summed E-state index contributed by atoms with van der Waals surface area (Å²) in [5.41, 5.74) is 4.52. The third kappa shape index (κ3) is 5.02. The number of ether oxygens (including phenoxy) is 1. The van der Waals surface area contributed by atoms with Gasteiger partial charge in [-0.15, -0.1) is 0 Å². The molecular weight excluding hydrogens is 431 g/mol. The molecule has 0 aliphatic carbocycles. The van der Waals surface area contributed by atoms with Crippen molar-refractivity contribution in [3.05, 3.63) is 60.3 Å². The third-order valence-electron chi connectivity index (χ3n) is 5.78. The molecule has 2 N–H and O–H groups in total. The van der Waals surface area contributed by atoms with Gasteiger partial charge in [-0.3, -0.25) is 0 Å². The number of H-pyrrole nitrogens is 1. The lowest BCUT2D eigenvalue weighted by Gasteiger charge is -2.23. The lowest BCUT2D eigenvalue weighted by molar-refractivity contribution is 0.154. The molecule has 3 heterocycles. The SMILES string of the molecule is CCOCCN(CC)c1c[nH]c2nccc(Nc3nc(-c4ccc(F)cc4)ncc3C(C)C)c12. The molecule has 0 atom stereocenters. The highest BCUT2D eigenvalue weighted by Crippen LogP contribution is 2.35. The maximum absolute atomic E-state index is 13.4. The first-order chi connectivity index (χ1) is 16.5. The van der Waals surface area contributed by atoms with Crippen LogP contribution in [0.3, 0.4) is 0 Å². The molecule has 4 rings (SSSR count). The number of rotatable bonds is 10. The third-order valence-corrected chi connectivity index (χ3v) is 5.78. The van der Waals surface area contributed by atoms with Crippen molar-refractivity contribution in [3.63, 3.8) is 0 Å². The molecule has 0 spiro atoms. The van der Waals surface area contributed by atoms with E-state index in [0.717, 1.165) is 52.4 Å². The minimum atomic E-state index is -0.287. The van der Waals surface area contributed by atoms with E-state index in [4.69, 9.17) is 9.72 Å². The minimum Gasteiger partial charge on any atom is -0.380 e. The molecule has 178 valence electrons. The zero-order chi connectivity index (χ0) is 24.1. The van der Waals surface area contributed by atoms with Crippen LogP contribution in [0.5, 0.6) is 0 Å². The molecule has 0 saturated heterocycles. The maximum Gasteiger partial charge on any atom is 0.161 e.